The number of methoxy groups -OCH3 is 1. The Labute approximate surface area is 194 Å². The summed E-state index contributed by atoms with van der Waals surface area (Å²) in [7, 11) is 1.30. The van der Waals surface area contributed by atoms with Crippen LogP contribution < -0.4 is 10.1 Å². The molecule has 32 heavy (non-hydrogen) atoms. The van der Waals surface area contributed by atoms with Crippen molar-refractivity contribution in [3.8, 4) is 5.75 Å². The van der Waals surface area contributed by atoms with Gasteiger partial charge in [-0.15, -0.1) is 16.8 Å². The predicted octanol–water partition coefficient (Wildman–Crippen LogP) is 4.21. The fourth-order valence-corrected chi connectivity index (χ4v) is 3.67. The number of para-hydroxylation sites is 1. The van der Waals surface area contributed by atoms with E-state index in [0.29, 0.717) is 39.5 Å². The van der Waals surface area contributed by atoms with Gasteiger partial charge in [0, 0.05) is 12.2 Å². The summed E-state index contributed by atoms with van der Waals surface area (Å²) in [5.74, 6) is 0.505. The van der Waals surface area contributed by atoms with Gasteiger partial charge in [-0.25, -0.2) is 4.79 Å². The standard InChI is InChI=1S/C22H21ClN4O4S/c1-3-11-27-19(13-31-18-10-5-4-9-17(18)23)25-26-22(27)32-14-20(28)24-16-8-6-7-15(12-16)21(29)30-2/h3-10,12H,1,11,13-14H2,2H3,(H,24,28). The van der Waals surface area contributed by atoms with Crippen molar-refractivity contribution >= 4 is 40.9 Å². The largest absolute Gasteiger partial charge is 0.484 e. The Kier molecular flexibility index (Phi) is 8.29. The van der Waals surface area contributed by atoms with Crippen molar-refractivity contribution in [2.45, 2.75) is 18.3 Å². The lowest BCUT2D eigenvalue weighted by molar-refractivity contribution is -0.113. The summed E-state index contributed by atoms with van der Waals surface area (Å²) >= 11 is 7.36. The van der Waals surface area contributed by atoms with Crippen molar-refractivity contribution in [1.29, 1.82) is 0 Å². The first-order chi connectivity index (χ1) is 15.5. The first-order valence-electron chi connectivity index (χ1n) is 9.53. The molecule has 1 aromatic heterocycles. The third kappa shape index (κ3) is 6.12. The van der Waals surface area contributed by atoms with E-state index in [9.17, 15) is 9.59 Å². The highest BCUT2D eigenvalue weighted by Gasteiger charge is 2.15. The molecule has 10 heteroatoms. The number of ether oxygens (including phenoxy) is 2. The molecule has 0 fully saturated rings. The predicted molar refractivity (Wildman–Crippen MR) is 123 cm³/mol. The molecule has 0 aliphatic rings. The molecule has 3 rings (SSSR count). The number of carbonyl (C=O) groups excluding carboxylic acids is 2. The molecule has 1 heterocycles. The van der Waals surface area contributed by atoms with E-state index in [4.69, 9.17) is 21.1 Å². The maximum Gasteiger partial charge on any atom is 0.337 e. The molecule has 8 nitrogen and oxygen atoms in total. The molecule has 0 aliphatic carbocycles. The molecule has 3 aromatic rings. The lowest BCUT2D eigenvalue weighted by atomic mass is 10.2. The first-order valence-corrected chi connectivity index (χ1v) is 10.9. The second-order valence-electron chi connectivity index (χ2n) is 6.43. The molecule has 166 valence electrons. The number of carbonyl (C=O) groups is 2. The summed E-state index contributed by atoms with van der Waals surface area (Å²) in [6, 6.07) is 13.7. The van der Waals surface area contributed by atoms with E-state index in [1.165, 1.54) is 18.9 Å². The van der Waals surface area contributed by atoms with E-state index in [2.05, 4.69) is 22.1 Å². The number of hydrogen-bond donors (Lipinski definition) is 1. The second-order valence-corrected chi connectivity index (χ2v) is 7.78. The Morgan fingerprint density at radius 2 is 2.03 bits per heavy atom. The van der Waals surface area contributed by atoms with Crippen molar-refractivity contribution in [3.05, 3.63) is 77.6 Å². The third-order valence-corrected chi connectivity index (χ3v) is 5.48. The minimum absolute atomic E-state index is 0.100. The maximum atomic E-state index is 12.4. The Hall–Kier alpha value is -3.30. The normalized spacial score (nSPS) is 10.4. The van der Waals surface area contributed by atoms with Gasteiger partial charge in [0.2, 0.25) is 5.91 Å². The van der Waals surface area contributed by atoms with Gasteiger partial charge in [0.25, 0.3) is 0 Å². The van der Waals surface area contributed by atoms with E-state index in [1.807, 2.05) is 16.7 Å². The Morgan fingerprint density at radius 1 is 1.22 bits per heavy atom. The van der Waals surface area contributed by atoms with E-state index < -0.39 is 5.97 Å². The fraction of sp³-hybridized carbons (Fsp3) is 0.182. The van der Waals surface area contributed by atoms with Crippen LogP contribution in [0.1, 0.15) is 16.2 Å². The smallest absolute Gasteiger partial charge is 0.337 e. The third-order valence-electron chi connectivity index (χ3n) is 4.20. The number of benzene rings is 2. The van der Waals surface area contributed by atoms with Gasteiger partial charge in [-0.2, -0.15) is 0 Å². The molecule has 0 radical (unpaired) electrons. The van der Waals surface area contributed by atoms with Crippen LogP contribution in [0.3, 0.4) is 0 Å². The number of aromatic nitrogens is 3. The number of rotatable bonds is 10. The SMILES string of the molecule is C=CCn1c(COc2ccccc2Cl)nnc1SCC(=O)Nc1cccc(C(=O)OC)c1. The van der Waals surface area contributed by atoms with Crippen LogP contribution in [0.15, 0.2) is 66.3 Å². The zero-order chi connectivity index (χ0) is 22.9. The molecule has 1 N–H and O–H groups in total. The van der Waals surface area contributed by atoms with Crippen molar-refractivity contribution in [2.24, 2.45) is 0 Å². The number of halogens is 1. The van der Waals surface area contributed by atoms with Crippen molar-refractivity contribution in [2.75, 3.05) is 18.2 Å². The van der Waals surface area contributed by atoms with Crippen LogP contribution in [0.4, 0.5) is 5.69 Å². The van der Waals surface area contributed by atoms with E-state index in [1.54, 1.807) is 42.5 Å². The summed E-state index contributed by atoms with van der Waals surface area (Å²) in [6.45, 7) is 4.39. The molecule has 0 spiro atoms. The second kappa shape index (κ2) is 11.4. The Bertz CT molecular complexity index is 1120. The van der Waals surface area contributed by atoms with Gasteiger partial charge < -0.3 is 14.8 Å². The summed E-state index contributed by atoms with van der Waals surface area (Å²) in [5.41, 5.74) is 0.853. The minimum Gasteiger partial charge on any atom is -0.484 e. The molecule has 0 unspecified atom stereocenters. The van der Waals surface area contributed by atoms with Crippen LogP contribution in [0.2, 0.25) is 5.02 Å². The molecule has 0 aliphatic heterocycles. The zero-order valence-corrected chi connectivity index (χ0v) is 18.9. The van der Waals surface area contributed by atoms with Crippen LogP contribution >= 0.6 is 23.4 Å². The van der Waals surface area contributed by atoms with Crippen LogP contribution in [-0.2, 0) is 22.7 Å². The molecular formula is C22H21ClN4O4S. The Morgan fingerprint density at radius 3 is 2.78 bits per heavy atom. The number of nitrogens with zero attached hydrogens (tertiary/aromatic N) is 3. The molecule has 0 bridgehead atoms. The van der Waals surface area contributed by atoms with Crippen LogP contribution in [0.25, 0.3) is 0 Å². The number of amides is 1. The number of anilines is 1. The first kappa shape index (κ1) is 23.4. The van der Waals surface area contributed by atoms with Crippen LogP contribution in [-0.4, -0.2) is 39.5 Å². The summed E-state index contributed by atoms with van der Waals surface area (Å²) < 4.78 is 12.3. The molecule has 0 atom stereocenters. The molecule has 0 saturated heterocycles. The average molecular weight is 473 g/mol. The molecular weight excluding hydrogens is 452 g/mol. The van der Waals surface area contributed by atoms with Crippen molar-refractivity contribution < 1.29 is 19.1 Å². The highest BCUT2D eigenvalue weighted by atomic mass is 35.5. The molecule has 2 aromatic carbocycles. The number of nitrogens with one attached hydrogen (secondary N) is 1. The van der Waals surface area contributed by atoms with Crippen LogP contribution in [0.5, 0.6) is 5.75 Å². The number of hydrogen-bond acceptors (Lipinski definition) is 7. The lowest BCUT2D eigenvalue weighted by Gasteiger charge is -2.10. The number of thioether (sulfide) groups is 1. The van der Waals surface area contributed by atoms with Gasteiger partial charge >= 0.3 is 5.97 Å². The van der Waals surface area contributed by atoms with Gasteiger partial charge in [0.15, 0.2) is 11.0 Å². The van der Waals surface area contributed by atoms with E-state index in [0.717, 1.165) is 0 Å². The van der Waals surface area contributed by atoms with E-state index >= 15 is 0 Å². The highest BCUT2D eigenvalue weighted by molar-refractivity contribution is 7.99. The van der Waals surface area contributed by atoms with Gasteiger partial charge in [0.1, 0.15) is 12.4 Å². The fourth-order valence-electron chi connectivity index (χ4n) is 2.72. The Balaban J connectivity index is 1.62. The quantitative estimate of drug-likeness (QED) is 0.268. The van der Waals surface area contributed by atoms with Gasteiger partial charge in [-0.3, -0.25) is 9.36 Å². The minimum atomic E-state index is -0.473. The monoisotopic (exact) mass is 472 g/mol. The topological polar surface area (TPSA) is 95.3 Å². The van der Waals surface area contributed by atoms with Gasteiger partial charge in [0.05, 0.1) is 23.4 Å². The average Bonchev–Trinajstić information content (AvgIpc) is 3.18. The molecule has 1 amide bonds. The van der Waals surface area contributed by atoms with Crippen molar-refractivity contribution in [1.82, 2.24) is 14.8 Å². The van der Waals surface area contributed by atoms with Crippen molar-refractivity contribution in [3.63, 3.8) is 0 Å². The van der Waals surface area contributed by atoms with Crippen LogP contribution in [0, 0.1) is 0 Å². The zero-order valence-electron chi connectivity index (χ0n) is 17.3. The van der Waals surface area contributed by atoms with Gasteiger partial charge in [-0.1, -0.05) is 47.6 Å². The summed E-state index contributed by atoms with van der Waals surface area (Å²) in [4.78, 5) is 24.0. The number of allylic oxidation sites excluding steroid dienone is 1. The maximum absolute atomic E-state index is 12.4. The highest BCUT2D eigenvalue weighted by Crippen LogP contribution is 2.25. The summed E-state index contributed by atoms with van der Waals surface area (Å²) in [5, 5.41) is 12.2. The number of esters is 1. The van der Waals surface area contributed by atoms with Gasteiger partial charge in [-0.05, 0) is 30.3 Å². The molecule has 0 saturated carbocycles. The lowest BCUT2D eigenvalue weighted by Crippen LogP contribution is -2.15. The van der Waals surface area contributed by atoms with E-state index in [-0.39, 0.29) is 18.3 Å². The summed E-state index contributed by atoms with van der Waals surface area (Å²) in [6.07, 6.45) is 1.71.